The van der Waals surface area contributed by atoms with E-state index in [0.29, 0.717) is 26.4 Å². The van der Waals surface area contributed by atoms with E-state index in [2.05, 4.69) is 20.8 Å². The Morgan fingerprint density at radius 3 is 1.70 bits per heavy atom. The average molecular weight is 289 g/mol. The lowest BCUT2D eigenvalue weighted by Gasteiger charge is -2.29. The molecule has 0 bridgehead atoms. The third-order valence-electron chi connectivity index (χ3n) is 4.10. The first-order chi connectivity index (χ1) is 9.74. The average Bonchev–Trinajstić information content (AvgIpc) is 2.49. The molecule has 0 aromatic carbocycles. The molecule has 0 fully saturated rings. The van der Waals surface area contributed by atoms with E-state index in [0.717, 1.165) is 45.4 Å². The summed E-state index contributed by atoms with van der Waals surface area (Å²) in [6, 6.07) is 0. The van der Waals surface area contributed by atoms with Gasteiger partial charge in [0, 0.05) is 13.2 Å². The van der Waals surface area contributed by atoms with Gasteiger partial charge in [-0.25, -0.2) is 0 Å². The van der Waals surface area contributed by atoms with Crippen LogP contribution in [0.4, 0.5) is 0 Å². The highest BCUT2D eigenvalue weighted by molar-refractivity contribution is 4.77. The van der Waals surface area contributed by atoms with Crippen LogP contribution in [-0.2, 0) is 14.2 Å². The predicted octanol–water partition coefficient (Wildman–Crippen LogP) is 2.99. The van der Waals surface area contributed by atoms with Crippen LogP contribution >= 0.6 is 0 Å². The molecule has 20 heavy (non-hydrogen) atoms. The van der Waals surface area contributed by atoms with Crippen molar-refractivity contribution in [3.05, 3.63) is 0 Å². The maximum atomic E-state index is 5.87. The Labute approximate surface area is 125 Å². The highest BCUT2D eigenvalue weighted by atomic mass is 16.5. The van der Waals surface area contributed by atoms with Crippen molar-refractivity contribution in [1.82, 2.24) is 0 Å². The van der Waals surface area contributed by atoms with Crippen LogP contribution in [0.2, 0.25) is 0 Å². The van der Waals surface area contributed by atoms with Crippen LogP contribution < -0.4 is 5.73 Å². The van der Waals surface area contributed by atoms with Crippen LogP contribution in [0.25, 0.3) is 0 Å². The van der Waals surface area contributed by atoms with Crippen LogP contribution in [-0.4, -0.2) is 46.2 Å². The van der Waals surface area contributed by atoms with Gasteiger partial charge in [-0.15, -0.1) is 0 Å². The summed E-state index contributed by atoms with van der Waals surface area (Å²) < 4.78 is 16.5. The smallest absolute Gasteiger partial charge is 0.0701 e. The standard InChI is InChI=1S/C16H35NO3/c1-4-7-9-18-11-13-20-14-12-19-10-8-16(5-2,6-3)15-17/h4-15,17H2,1-3H3. The number of hydrogen-bond acceptors (Lipinski definition) is 4. The third-order valence-corrected chi connectivity index (χ3v) is 4.10. The van der Waals surface area contributed by atoms with Crippen molar-refractivity contribution in [1.29, 1.82) is 0 Å². The fourth-order valence-corrected chi connectivity index (χ4v) is 2.07. The maximum Gasteiger partial charge on any atom is 0.0701 e. The summed E-state index contributed by atoms with van der Waals surface area (Å²) in [6.45, 7) is 11.6. The molecule has 0 aliphatic heterocycles. The first kappa shape index (κ1) is 19.8. The van der Waals surface area contributed by atoms with Gasteiger partial charge in [0.1, 0.15) is 0 Å². The van der Waals surface area contributed by atoms with Crippen molar-refractivity contribution in [2.45, 2.75) is 52.9 Å². The molecular weight excluding hydrogens is 254 g/mol. The van der Waals surface area contributed by atoms with Gasteiger partial charge in [0.15, 0.2) is 0 Å². The lowest BCUT2D eigenvalue weighted by Crippen LogP contribution is -2.30. The minimum Gasteiger partial charge on any atom is -0.379 e. The van der Waals surface area contributed by atoms with E-state index in [1.165, 1.54) is 6.42 Å². The number of rotatable bonds is 15. The normalized spacial score (nSPS) is 12.0. The van der Waals surface area contributed by atoms with Crippen molar-refractivity contribution in [3.63, 3.8) is 0 Å². The van der Waals surface area contributed by atoms with Crippen LogP contribution in [0, 0.1) is 5.41 Å². The Kier molecular flexibility index (Phi) is 13.7. The summed E-state index contributed by atoms with van der Waals surface area (Å²) >= 11 is 0. The summed E-state index contributed by atoms with van der Waals surface area (Å²) in [7, 11) is 0. The number of nitrogens with two attached hydrogens (primary N) is 1. The van der Waals surface area contributed by atoms with E-state index in [9.17, 15) is 0 Å². The van der Waals surface area contributed by atoms with E-state index in [-0.39, 0.29) is 5.41 Å². The molecule has 0 radical (unpaired) electrons. The zero-order valence-corrected chi connectivity index (χ0v) is 13.8. The Hall–Kier alpha value is -0.160. The molecule has 4 nitrogen and oxygen atoms in total. The van der Waals surface area contributed by atoms with Gasteiger partial charge in [-0.1, -0.05) is 27.2 Å². The highest BCUT2D eigenvalue weighted by Crippen LogP contribution is 2.28. The largest absolute Gasteiger partial charge is 0.379 e. The second-order valence-corrected chi connectivity index (χ2v) is 5.35. The van der Waals surface area contributed by atoms with E-state index >= 15 is 0 Å². The summed E-state index contributed by atoms with van der Waals surface area (Å²) in [6.07, 6.45) is 5.58. The van der Waals surface area contributed by atoms with Gasteiger partial charge in [0.25, 0.3) is 0 Å². The molecule has 0 aliphatic rings. The fourth-order valence-electron chi connectivity index (χ4n) is 2.07. The van der Waals surface area contributed by atoms with E-state index in [4.69, 9.17) is 19.9 Å². The topological polar surface area (TPSA) is 53.7 Å². The van der Waals surface area contributed by atoms with Gasteiger partial charge in [0.2, 0.25) is 0 Å². The monoisotopic (exact) mass is 289 g/mol. The molecule has 0 aromatic rings. The molecule has 122 valence electrons. The maximum absolute atomic E-state index is 5.87. The first-order valence-corrected chi connectivity index (χ1v) is 8.18. The number of ether oxygens (including phenoxy) is 3. The van der Waals surface area contributed by atoms with Gasteiger partial charge >= 0.3 is 0 Å². The molecule has 0 rings (SSSR count). The lowest BCUT2D eigenvalue weighted by molar-refractivity contribution is 0.00761. The second kappa shape index (κ2) is 13.8. The van der Waals surface area contributed by atoms with E-state index in [1.54, 1.807) is 0 Å². The molecule has 0 heterocycles. The molecule has 2 N–H and O–H groups in total. The van der Waals surface area contributed by atoms with Crippen LogP contribution in [0.3, 0.4) is 0 Å². The molecule has 0 atom stereocenters. The SMILES string of the molecule is CCCCOCCOCCOCCC(CC)(CC)CN. The first-order valence-electron chi connectivity index (χ1n) is 8.18. The molecular formula is C16H35NO3. The predicted molar refractivity (Wildman–Crippen MR) is 84.1 cm³/mol. The minimum absolute atomic E-state index is 0.258. The van der Waals surface area contributed by atoms with Crippen LogP contribution in [0.5, 0.6) is 0 Å². The molecule has 0 unspecified atom stereocenters. The number of unbranched alkanes of at least 4 members (excludes halogenated alkanes) is 1. The van der Waals surface area contributed by atoms with Crippen LogP contribution in [0.15, 0.2) is 0 Å². The highest BCUT2D eigenvalue weighted by Gasteiger charge is 2.23. The van der Waals surface area contributed by atoms with E-state index < -0.39 is 0 Å². The Morgan fingerprint density at radius 1 is 0.750 bits per heavy atom. The Balaban J connectivity index is 3.32. The van der Waals surface area contributed by atoms with Crippen LogP contribution in [0.1, 0.15) is 52.9 Å². The summed E-state index contributed by atoms with van der Waals surface area (Å²) in [5, 5.41) is 0. The molecule has 4 heteroatoms. The minimum atomic E-state index is 0.258. The Morgan fingerprint density at radius 2 is 1.25 bits per heavy atom. The zero-order valence-electron chi connectivity index (χ0n) is 13.8. The van der Waals surface area contributed by atoms with Gasteiger partial charge < -0.3 is 19.9 Å². The molecule has 0 aliphatic carbocycles. The van der Waals surface area contributed by atoms with E-state index in [1.807, 2.05) is 0 Å². The van der Waals surface area contributed by atoms with Crippen molar-refractivity contribution in [2.24, 2.45) is 11.1 Å². The lowest BCUT2D eigenvalue weighted by atomic mass is 9.80. The van der Waals surface area contributed by atoms with Gasteiger partial charge in [0.05, 0.1) is 26.4 Å². The third kappa shape index (κ3) is 9.70. The summed E-state index contributed by atoms with van der Waals surface area (Å²) in [4.78, 5) is 0. The molecule has 0 spiro atoms. The molecule has 0 amide bonds. The fraction of sp³-hybridized carbons (Fsp3) is 1.00. The molecule has 0 saturated heterocycles. The van der Waals surface area contributed by atoms with Crippen molar-refractivity contribution < 1.29 is 14.2 Å². The quantitative estimate of drug-likeness (QED) is 0.471. The van der Waals surface area contributed by atoms with Crippen molar-refractivity contribution in [3.8, 4) is 0 Å². The number of hydrogen-bond donors (Lipinski definition) is 1. The molecule has 0 aromatic heterocycles. The van der Waals surface area contributed by atoms with Gasteiger partial charge in [-0.3, -0.25) is 0 Å². The van der Waals surface area contributed by atoms with Crippen molar-refractivity contribution >= 4 is 0 Å². The summed E-state index contributed by atoms with van der Waals surface area (Å²) in [5.41, 5.74) is 6.12. The zero-order chi connectivity index (χ0) is 15.1. The van der Waals surface area contributed by atoms with Gasteiger partial charge in [-0.2, -0.15) is 0 Å². The van der Waals surface area contributed by atoms with Crippen molar-refractivity contribution in [2.75, 3.05) is 46.2 Å². The van der Waals surface area contributed by atoms with Gasteiger partial charge in [-0.05, 0) is 37.6 Å². The second-order valence-electron chi connectivity index (χ2n) is 5.35. The Bertz CT molecular complexity index is 188. The summed E-state index contributed by atoms with van der Waals surface area (Å²) in [5.74, 6) is 0. The molecule has 0 saturated carbocycles.